The molecule has 1 heterocycles. The van der Waals surface area contributed by atoms with Gasteiger partial charge in [-0.25, -0.2) is 4.79 Å². The van der Waals surface area contributed by atoms with Crippen LogP contribution < -0.4 is 5.73 Å². The molecule has 0 aromatic rings. The summed E-state index contributed by atoms with van der Waals surface area (Å²) in [5, 5.41) is 1.70. The van der Waals surface area contributed by atoms with Crippen molar-refractivity contribution in [2.45, 2.75) is 32.7 Å². The lowest BCUT2D eigenvalue weighted by atomic mass is 10.1. The van der Waals surface area contributed by atoms with E-state index in [0.29, 0.717) is 0 Å². The first-order valence-corrected chi connectivity index (χ1v) is 4.83. The van der Waals surface area contributed by atoms with Gasteiger partial charge >= 0.3 is 5.97 Å². The van der Waals surface area contributed by atoms with E-state index >= 15 is 0 Å². The number of nitrogens with zero attached hydrogens (tertiary/aromatic N) is 1. The molecular formula is C9H18N2O2. The molecule has 0 saturated carbocycles. The van der Waals surface area contributed by atoms with Gasteiger partial charge in [-0.3, -0.25) is 0 Å². The predicted octanol–water partition coefficient (Wildman–Crippen LogP) is 0.524. The largest absolute Gasteiger partial charge is 0.366 e. The molecule has 4 nitrogen and oxygen atoms in total. The third-order valence-corrected chi connectivity index (χ3v) is 2.27. The van der Waals surface area contributed by atoms with Gasteiger partial charge in [0.2, 0.25) is 0 Å². The number of hydrogen-bond acceptors (Lipinski definition) is 4. The van der Waals surface area contributed by atoms with Gasteiger partial charge in [0, 0.05) is 13.1 Å². The number of rotatable bonds is 3. The van der Waals surface area contributed by atoms with Gasteiger partial charge < -0.3 is 10.6 Å². The van der Waals surface area contributed by atoms with Crippen molar-refractivity contribution in [3.05, 3.63) is 0 Å². The Hall–Kier alpha value is -0.610. The lowest BCUT2D eigenvalue weighted by Crippen LogP contribution is -2.40. The maximum atomic E-state index is 11.4. The molecule has 4 heteroatoms. The highest BCUT2D eigenvalue weighted by molar-refractivity contribution is 5.75. The maximum absolute atomic E-state index is 11.4. The molecule has 13 heavy (non-hydrogen) atoms. The van der Waals surface area contributed by atoms with Gasteiger partial charge in [-0.2, -0.15) is 0 Å². The van der Waals surface area contributed by atoms with Crippen LogP contribution >= 0.6 is 0 Å². The molecule has 1 rings (SSSR count). The Bertz CT molecular complexity index is 176. The number of hydrogen-bond donors (Lipinski definition) is 1. The van der Waals surface area contributed by atoms with Gasteiger partial charge in [0.05, 0.1) is 0 Å². The van der Waals surface area contributed by atoms with Crippen molar-refractivity contribution in [1.29, 1.82) is 0 Å². The molecule has 1 aliphatic rings. The fraction of sp³-hybridized carbons (Fsp3) is 0.889. The molecule has 0 bridgehead atoms. The van der Waals surface area contributed by atoms with E-state index < -0.39 is 6.04 Å². The molecule has 1 aliphatic heterocycles. The summed E-state index contributed by atoms with van der Waals surface area (Å²) in [4.78, 5) is 16.5. The molecule has 1 fully saturated rings. The number of nitrogens with two attached hydrogens (primary N) is 1. The van der Waals surface area contributed by atoms with Crippen molar-refractivity contribution < 1.29 is 9.63 Å². The standard InChI is InChI=1S/C9H18N2O2/c1-7(2)8(10)9(12)13-11-5-3-4-6-11/h7-8H,3-6,10H2,1-2H3/t8-/m0/s1. The molecule has 1 atom stereocenters. The highest BCUT2D eigenvalue weighted by Crippen LogP contribution is 2.09. The van der Waals surface area contributed by atoms with Crippen molar-refractivity contribution >= 4 is 5.97 Å². The Morgan fingerprint density at radius 1 is 1.38 bits per heavy atom. The SMILES string of the molecule is CC(C)[C@H](N)C(=O)ON1CCCC1. The van der Waals surface area contributed by atoms with Gasteiger partial charge in [0.15, 0.2) is 0 Å². The van der Waals surface area contributed by atoms with Crippen LogP contribution in [-0.2, 0) is 9.63 Å². The summed E-state index contributed by atoms with van der Waals surface area (Å²) in [5.41, 5.74) is 5.64. The zero-order valence-corrected chi connectivity index (χ0v) is 8.32. The van der Waals surface area contributed by atoms with Crippen molar-refractivity contribution in [3.8, 4) is 0 Å². The van der Waals surface area contributed by atoms with Gasteiger partial charge in [0.25, 0.3) is 0 Å². The Kier molecular flexibility index (Phi) is 3.69. The zero-order chi connectivity index (χ0) is 9.84. The van der Waals surface area contributed by atoms with Crippen LogP contribution in [0.5, 0.6) is 0 Å². The van der Waals surface area contributed by atoms with Gasteiger partial charge in [-0.1, -0.05) is 13.8 Å². The van der Waals surface area contributed by atoms with E-state index in [2.05, 4.69) is 0 Å². The smallest absolute Gasteiger partial charge is 0.342 e. The predicted molar refractivity (Wildman–Crippen MR) is 49.7 cm³/mol. The lowest BCUT2D eigenvalue weighted by Gasteiger charge is -2.19. The molecule has 0 unspecified atom stereocenters. The quantitative estimate of drug-likeness (QED) is 0.698. The van der Waals surface area contributed by atoms with Crippen LogP contribution in [0.15, 0.2) is 0 Å². The van der Waals surface area contributed by atoms with E-state index in [4.69, 9.17) is 10.6 Å². The average Bonchev–Trinajstić information content (AvgIpc) is 2.55. The summed E-state index contributed by atoms with van der Waals surface area (Å²) in [6.45, 7) is 5.51. The minimum absolute atomic E-state index is 0.134. The van der Waals surface area contributed by atoms with Crippen LogP contribution in [-0.4, -0.2) is 30.2 Å². The summed E-state index contributed by atoms with van der Waals surface area (Å²) in [6, 6.07) is -0.499. The average molecular weight is 186 g/mol. The first kappa shape index (κ1) is 10.5. The third-order valence-electron chi connectivity index (χ3n) is 2.27. The van der Waals surface area contributed by atoms with Gasteiger partial charge in [-0.15, -0.1) is 5.06 Å². The molecule has 0 amide bonds. The van der Waals surface area contributed by atoms with Crippen molar-refractivity contribution in [2.24, 2.45) is 11.7 Å². The fourth-order valence-corrected chi connectivity index (χ4v) is 1.24. The van der Waals surface area contributed by atoms with E-state index in [1.807, 2.05) is 13.8 Å². The fourth-order valence-electron chi connectivity index (χ4n) is 1.24. The van der Waals surface area contributed by atoms with Crippen molar-refractivity contribution in [3.63, 3.8) is 0 Å². The molecular weight excluding hydrogens is 168 g/mol. The summed E-state index contributed by atoms with van der Waals surface area (Å²) >= 11 is 0. The van der Waals surface area contributed by atoms with E-state index in [0.717, 1.165) is 25.9 Å². The lowest BCUT2D eigenvalue weighted by molar-refractivity contribution is -0.188. The highest BCUT2D eigenvalue weighted by atomic mass is 16.7. The summed E-state index contributed by atoms with van der Waals surface area (Å²) in [7, 11) is 0. The maximum Gasteiger partial charge on any atom is 0.342 e. The second-order valence-electron chi connectivity index (χ2n) is 3.82. The van der Waals surface area contributed by atoms with Crippen LogP contribution in [0.3, 0.4) is 0 Å². The van der Waals surface area contributed by atoms with Gasteiger partial charge in [0.1, 0.15) is 6.04 Å². The van der Waals surface area contributed by atoms with E-state index in [1.54, 1.807) is 5.06 Å². The van der Waals surface area contributed by atoms with E-state index in [1.165, 1.54) is 0 Å². The molecule has 76 valence electrons. The second-order valence-corrected chi connectivity index (χ2v) is 3.82. The van der Waals surface area contributed by atoms with Crippen LogP contribution in [0.1, 0.15) is 26.7 Å². The topological polar surface area (TPSA) is 55.6 Å². The zero-order valence-electron chi connectivity index (χ0n) is 8.32. The van der Waals surface area contributed by atoms with Crippen LogP contribution in [0.2, 0.25) is 0 Å². The van der Waals surface area contributed by atoms with Gasteiger partial charge in [-0.05, 0) is 18.8 Å². The van der Waals surface area contributed by atoms with Crippen molar-refractivity contribution in [2.75, 3.05) is 13.1 Å². The number of carbonyl (C=O) groups is 1. The summed E-state index contributed by atoms with van der Waals surface area (Å²) < 4.78 is 0. The molecule has 0 aliphatic carbocycles. The Balaban J connectivity index is 2.31. The first-order valence-electron chi connectivity index (χ1n) is 4.83. The number of carbonyl (C=O) groups excluding carboxylic acids is 1. The summed E-state index contributed by atoms with van der Waals surface area (Å²) in [5.74, 6) is -0.174. The molecule has 0 radical (unpaired) electrons. The molecule has 0 spiro atoms. The Morgan fingerprint density at radius 2 is 1.92 bits per heavy atom. The van der Waals surface area contributed by atoms with Crippen LogP contribution in [0.4, 0.5) is 0 Å². The van der Waals surface area contributed by atoms with Crippen LogP contribution in [0, 0.1) is 5.92 Å². The van der Waals surface area contributed by atoms with Crippen LogP contribution in [0.25, 0.3) is 0 Å². The third kappa shape index (κ3) is 2.97. The minimum Gasteiger partial charge on any atom is -0.366 e. The van der Waals surface area contributed by atoms with E-state index in [9.17, 15) is 4.79 Å². The molecule has 1 saturated heterocycles. The Morgan fingerprint density at radius 3 is 2.38 bits per heavy atom. The van der Waals surface area contributed by atoms with Crippen molar-refractivity contribution in [1.82, 2.24) is 5.06 Å². The van der Waals surface area contributed by atoms with E-state index in [-0.39, 0.29) is 11.9 Å². The minimum atomic E-state index is -0.499. The highest BCUT2D eigenvalue weighted by Gasteiger charge is 2.23. The normalized spacial score (nSPS) is 20.6. The second kappa shape index (κ2) is 4.58. The summed E-state index contributed by atoms with van der Waals surface area (Å²) in [6.07, 6.45) is 2.20. The number of hydroxylamine groups is 2. The molecule has 0 aromatic heterocycles. The molecule has 0 aromatic carbocycles. The Labute approximate surface area is 79.0 Å². The first-order chi connectivity index (χ1) is 6.11. The monoisotopic (exact) mass is 186 g/mol. The molecule has 2 N–H and O–H groups in total.